The standard InChI is InChI=1S/C21H25NO3/c1-3-21(4-2,14-23)22-20(24)25-13-19-17-11-7-5-9-15(17)16-10-6-8-12-18(16)19/h5-12,19,23H,3-4,13-14H2,1-2H3,(H,22,24). The Bertz CT molecular complexity index is 699. The predicted octanol–water partition coefficient (Wildman–Crippen LogP) is 4.08. The molecule has 1 aliphatic carbocycles. The fraction of sp³-hybridized carbons (Fsp3) is 0.381. The number of hydrogen-bond donors (Lipinski definition) is 2. The van der Waals surface area contributed by atoms with Gasteiger partial charge >= 0.3 is 6.09 Å². The van der Waals surface area contributed by atoms with E-state index in [0.717, 1.165) is 0 Å². The lowest BCUT2D eigenvalue weighted by Crippen LogP contribution is -2.50. The zero-order valence-electron chi connectivity index (χ0n) is 14.8. The van der Waals surface area contributed by atoms with E-state index in [4.69, 9.17) is 4.74 Å². The number of aliphatic hydroxyl groups excluding tert-OH is 1. The summed E-state index contributed by atoms with van der Waals surface area (Å²) in [6, 6.07) is 16.5. The summed E-state index contributed by atoms with van der Waals surface area (Å²) in [5, 5.41) is 12.4. The quantitative estimate of drug-likeness (QED) is 0.834. The maximum absolute atomic E-state index is 12.3. The van der Waals surface area contributed by atoms with Gasteiger partial charge in [0.1, 0.15) is 6.61 Å². The Morgan fingerprint density at radius 3 is 2.04 bits per heavy atom. The SMILES string of the molecule is CCC(CC)(CO)NC(=O)OCC1c2ccccc2-c2ccccc21. The fourth-order valence-electron chi connectivity index (χ4n) is 3.54. The predicted molar refractivity (Wildman–Crippen MR) is 98.6 cm³/mol. The second-order valence-corrected chi connectivity index (χ2v) is 6.60. The van der Waals surface area contributed by atoms with E-state index in [1.54, 1.807) is 0 Å². The lowest BCUT2D eigenvalue weighted by molar-refractivity contribution is 0.105. The van der Waals surface area contributed by atoms with Gasteiger partial charge in [0.15, 0.2) is 0 Å². The number of aliphatic hydroxyl groups is 1. The Morgan fingerprint density at radius 2 is 1.56 bits per heavy atom. The minimum atomic E-state index is -0.609. The van der Waals surface area contributed by atoms with Gasteiger partial charge in [-0.2, -0.15) is 0 Å². The molecule has 0 atom stereocenters. The van der Waals surface area contributed by atoms with E-state index in [-0.39, 0.29) is 19.1 Å². The average molecular weight is 339 g/mol. The highest BCUT2D eigenvalue weighted by Gasteiger charge is 2.31. The third-order valence-electron chi connectivity index (χ3n) is 5.37. The molecule has 0 radical (unpaired) electrons. The van der Waals surface area contributed by atoms with E-state index in [0.29, 0.717) is 12.8 Å². The number of alkyl carbamates (subject to hydrolysis) is 1. The maximum Gasteiger partial charge on any atom is 0.407 e. The zero-order valence-corrected chi connectivity index (χ0v) is 14.8. The van der Waals surface area contributed by atoms with Crippen molar-refractivity contribution in [1.82, 2.24) is 5.32 Å². The number of rotatable bonds is 6. The summed E-state index contributed by atoms with van der Waals surface area (Å²) < 4.78 is 5.54. The molecule has 0 aromatic heterocycles. The summed E-state index contributed by atoms with van der Waals surface area (Å²) in [5.41, 5.74) is 4.19. The molecule has 0 unspecified atom stereocenters. The summed E-state index contributed by atoms with van der Waals surface area (Å²) >= 11 is 0. The van der Waals surface area contributed by atoms with E-state index in [1.807, 2.05) is 38.1 Å². The number of fused-ring (bicyclic) bond motifs is 3. The van der Waals surface area contributed by atoms with Gasteiger partial charge < -0.3 is 15.2 Å². The number of hydrogen-bond acceptors (Lipinski definition) is 3. The number of benzene rings is 2. The van der Waals surface area contributed by atoms with Crippen molar-refractivity contribution in [3.63, 3.8) is 0 Å². The first-order valence-corrected chi connectivity index (χ1v) is 8.88. The van der Waals surface area contributed by atoms with Crippen molar-refractivity contribution in [2.24, 2.45) is 0 Å². The van der Waals surface area contributed by atoms with Gasteiger partial charge in [-0.05, 0) is 35.1 Å². The topological polar surface area (TPSA) is 58.6 Å². The number of carbonyl (C=O) groups is 1. The van der Waals surface area contributed by atoms with Crippen LogP contribution in [0.4, 0.5) is 4.79 Å². The van der Waals surface area contributed by atoms with Gasteiger partial charge in [-0.1, -0.05) is 62.4 Å². The molecule has 0 fully saturated rings. The minimum Gasteiger partial charge on any atom is -0.449 e. The second-order valence-electron chi connectivity index (χ2n) is 6.60. The Hall–Kier alpha value is -2.33. The van der Waals surface area contributed by atoms with Crippen LogP contribution in [0.15, 0.2) is 48.5 Å². The smallest absolute Gasteiger partial charge is 0.407 e. The fourth-order valence-corrected chi connectivity index (χ4v) is 3.54. The molecule has 4 nitrogen and oxygen atoms in total. The largest absolute Gasteiger partial charge is 0.449 e. The summed E-state index contributed by atoms with van der Waals surface area (Å²) in [7, 11) is 0. The van der Waals surface area contributed by atoms with E-state index >= 15 is 0 Å². The van der Waals surface area contributed by atoms with Gasteiger partial charge in [0.05, 0.1) is 12.1 Å². The molecule has 0 saturated carbocycles. The molecule has 0 bridgehead atoms. The first-order valence-electron chi connectivity index (χ1n) is 8.88. The molecule has 0 heterocycles. The van der Waals surface area contributed by atoms with E-state index in [2.05, 4.69) is 29.6 Å². The van der Waals surface area contributed by atoms with Crippen LogP contribution >= 0.6 is 0 Å². The van der Waals surface area contributed by atoms with E-state index in [9.17, 15) is 9.90 Å². The normalized spacial score (nSPS) is 13.2. The highest BCUT2D eigenvalue weighted by molar-refractivity contribution is 5.79. The van der Waals surface area contributed by atoms with Crippen LogP contribution in [0.3, 0.4) is 0 Å². The molecule has 0 saturated heterocycles. The molecule has 0 aliphatic heterocycles. The van der Waals surface area contributed by atoms with Crippen molar-refractivity contribution in [3.05, 3.63) is 59.7 Å². The minimum absolute atomic E-state index is 0.0462. The molecule has 4 heteroatoms. The van der Waals surface area contributed by atoms with Gasteiger partial charge in [0.25, 0.3) is 0 Å². The van der Waals surface area contributed by atoms with Gasteiger partial charge in [-0.3, -0.25) is 0 Å². The molecule has 3 rings (SSSR count). The Balaban J connectivity index is 1.74. The highest BCUT2D eigenvalue weighted by Crippen LogP contribution is 2.44. The monoisotopic (exact) mass is 339 g/mol. The number of ether oxygens (including phenoxy) is 1. The third-order valence-corrected chi connectivity index (χ3v) is 5.37. The Kier molecular flexibility index (Phi) is 5.09. The lowest BCUT2D eigenvalue weighted by Gasteiger charge is -2.30. The van der Waals surface area contributed by atoms with Gasteiger partial charge in [-0.25, -0.2) is 4.79 Å². The van der Waals surface area contributed by atoms with Crippen LogP contribution < -0.4 is 5.32 Å². The molecule has 2 N–H and O–H groups in total. The molecular weight excluding hydrogens is 314 g/mol. The zero-order chi connectivity index (χ0) is 17.9. The first kappa shape index (κ1) is 17.5. The average Bonchev–Trinajstić information content (AvgIpc) is 2.98. The number of carbonyl (C=O) groups excluding carboxylic acids is 1. The van der Waals surface area contributed by atoms with Crippen LogP contribution in [0, 0.1) is 0 Å². The molecule has 2 aromatic rings. The first-order chi connectivity index (χ1) is 12.1. The van der Waals surface area contributed by atoms with Crippen LogP contribution in [0.1, 0.15) is 43.7 Å². The van der Waals surface area contributed by atoms with Crippen LogP contribution in [0.2, 0.25) is 0 Å². The molecule has 1 aliphatic rings. The Morgan fingerprint density at radius 1 is 1.04 bits per heavy atom. The van der Waals surface area contributed by atoms with Gasteiger partial charge in [-0.15, -0.1) is 0 Å². The second kappa shape index (κ2) is 7.28. The van der Waals surface area contributed by atoms with Crippen molar-refractivity contribution in [1.29, 1.82) is 0 Å². The van der Waals surface area contributed by atoms with E-state index in [1.165, 1.54) is 22.3 Å². The van der Waals surface area contributed by atoms with Crippen molar-refractivity contribution in [3.8, 4) is 11.1 Å². The van der Waals surface area contributed by atoms with Crippen LogP contribution in [0.5, 0.6) is 0 Å². The maximum atomic E-state index is 12.3. The molecular formula is C21H25NO3. The Labute approximate surface area is 148 Å². The van der Waals surface area contributed by atoms with Crippen LogP contribution in [0.25, 0.3) is 11.1 Å². The molecule has 2 aromatic carbocycles. The highest BCUT2D eigenvalue weighted by atomic mass is 16.5. The van der Waals surface area contributed by atoms with Gasteiger partial charge in [0.2, 0.25) is 0 Å². The summed E-state index contributed by atoms with van der Waals surface area (Å²) in [6.45, 7) is 4.09. The lowest BCUT2D eigenvalue weighted by atomic mass is 9.94. The molecule has 132 valence electrons. The summed E-state index contributed by atoms with van der Waals surface area (Å²) in [4.78, 5) is 12.3. The van der Waals surface area contributed by atoms with E-state index < -0.39 is 11.6 Å². The van der Waals surface area contributed by atoms with Gasteiger partial charge in [0, 0.05) is 5.92 Å². The van der Waals surface area contributed by atoms with Crippen LogP contribution in [-0.4, -0.2) is 30.0 Å². The van der Waals surface area contributed by atoms with Crippen molar-refractivity contribution in [2.45, 2.75) is 38.1 Å². The van der Waals surface area contributed by atoms with Crippen molar-refractivity contribution < 1.29 is 14.6 Å². The summed E-state index contributed by atoms with van der Waals surface area (Å²) in [6.07, 6.45) is 0.841. The van der Waals surface area contributed by atoms with Crippen molar-refractivity contribution in [2.75, 3.05) is 13.2 Å². The number of nitrogens with one attached hydrogen (secondary N) is 1. The summed E-state index contributed by atoms with van der Waals surface area (Å²) in [5.74, 6) is 0.0462. The third kappa shape index (κ3) is 3.27. The molecule has 1 amide bonds. The van der Waals surface area contributed by atoms with Crippen molar-refractivity contribution >= 4 is 6.09 Å². The van der Waals surface area contributed by atoms with Crippen LogP contribution in [-0.2, 0) is 4.74 Å². The molecule has 0 spiro atoms. The number of amides is 1. The molecule has 25 heavy (non-hydrogen) atoms.